The van der Waals surface area contributed by atoms with Gasteiger partial charge >= 0.3 is 0 Å². The van der Waals surface area contributed by atoms with Crippen LogP contribution in [0.15, 0.2) is 134 Å². The summed E-state index contributed by atoms with van der Waals surface area (Å²) in [5, 5.41) is 7.22. The first-order valence-electron chi connectivity index (χ1n) is 42.9. The van der Waals surface area contributed by atoms with Gasteiger partial charge in [-0.3, -0.25) is 58.0 Å². The average Bonchev–Trinajstić information content (AvgIpc) is 1.52. The normalized spacial score (nSPS) is 18.9. The predicted molar refractivity (Wildman–Crippen MR) is 459 cm³/mol. The molecule has 15 rings (SSSR count). The molecule has 6 heterocycles. The summed E-state index contributed by atoms with van der Waals surface area (Å²) in [6.07, 6.45) is 7.76. The molecule has 4 saturated heterocycles. The van der Waals surface area contributed by atoms with Gasteiger partial charge in [-0.2, -0.15) is 0 Å². The number of amides is 8. The first-order valence-corrected chi connectivity index (χ1v) is 37.6. The molecule has 604 valence electrons. The molecule has 7 aliphatic rings. The molecule has 3 spiro atoms. The number of carbonyl (C=O) groups is 8. The summed E-state index contributed by atoms with van der Waals surface area (Å²) in [6.45, 7) is 27.7. The summed E-state index contributed by atoms with van der Waals surface area (Å²) in [5.41, 5.74) is -0.733. The van der Waals surface area contributed by atoms with Crippen molar-refractivity contribution >= 4 is 185 Å². The van der Waals surface area contributed by atoms with Gasteiger partial charge in [0.15, 0.2) is 31.8 Å². The molecule has 34 heteroatoms. The summed E-state index contributed by atoms with van der Waals surface area (Å²) in [5.74, 6) is -9.51. The lowest BCUT2D eigenvalue weighted by atomic mass is 9.75. The van der Waals surface area contributed by atoms with Crippen LogP contribution in [0.1, 0.15) is 155 Å². The number of halogens is 4. The zero-order chi connectivity index (χ0) is 98.1. The van der Waals surface area contributed by atoms with E-state index in [9.17, 15) is 51.5 Å². The van der Waals surface area contributed by atoms with Crippen LogP contribution in [0, 0.1) is 77.3 Å². The Morgan fingerprint density at radius 1 is 0.403 bits per heavy atom. The van der Waals surface area contributed by atoms with Crippen molar-refractivity contribution < 1.29 is 75.1 Å². The average molecular weight is 1690 g/mol. The van der Waals surface area contributed by atoms with Gasteiger partial charge in [-0.05, 0) is 280 Å². The second-order valence-corrected chi connectivity index (χ2v) is 30.1. The molecule has 0 radical (unpaired) electrons. The molecule has 4 aliphatic heterocycles. The van der Waals surface area contributed by atoms with E-state index in [1.165, 1.54) is 72.1 Å². The van der Waals surface area contributed by atoms with E-state index in [1.54, 1.807) is 121 Å². The van der Waals surface area contributed by atoms with Gasteiger partial charge in [0.05, 0.1) is 49.5 Å². The molecule has 119 heavy (non-hydrogen) atoms. The summed E-state index contributed by atoms with van der Waals surface area (Å²) >= 11 is 22.4. The Kier molecular flexibility index (Phi) is 19.0. The number of aromatic nitrogens is 2. The monoisotopic (exact) mass is 1690 g/mol. The van der Waals surface area contributed by atoms with Gasteiger partial charge in [0.1, 0.15) is 57.8 Å². The van der Waals surface area contributed by atoms with Gasteiger partial charge in [-0.1, -0.05) is 25.3 Å². The molecule has 2 aromatic heterocycles. The lowest BCUT2D eigenvalue weighted by Crippen LogP contribution is -2.55. The van der Waals surface area contributed by atoms with E-state index in [1.807, 2.05) is 0 Å². The van der Waals surface area contributed by atoms with Crippen LogP contribution in [0.4, 0.5) is 86.1 Å². The van der Waals surface area contributed by atoms with Crippen LogP contribution < -0.4 is 60.5 Å². The van der Waals surface area contributed by atoms with E-state index in [0.29, 0.717) is 107 Å². The van der Waals surface area contributed by atoms with Crippen molar-refractivity contribution in [3.05, 3.63) is 247 Å². The number of rotatable bonds is 12. The Labute approximate surface area is 723 Å². The van der Waals surface area contributed by atoms with Crippen LogP contribution in [0.2, 0.25) is 0 Å². The van der Waals surface area contributed by atoms with Crippen molar-refractivity contribution in [2.75, 3.05) is 67.1 Å². The fourth-order valence-electron chi connectivity index (χ4n) is 14.9. The molecular weight excluding hydrogens is 1610 g/mol. The van der Waals surface area contributed by atoms with Crippen molar-refractivity contribution in [1.82, 2.24) is 31.2 Å². The van der Waals surface area contributed by atoms with Crippen molar-refractivity contribution in [2.24, 2.45) is 0 Å². The minimum absolute atomic E-state index is 0.0902. The largest absolute Gasteiger partial charge is 0.360 e. The number of aryl methyl sites for hydroxylation is 4. The number of carbonyl (C=O) groups excluding carboxylic acids is 8. The van der Waals surface area contributed by atoms with Gasteiger partial charge in [0, 0.05) is 78.5 Å². The Morgan fingerprint density at radius 2 is 0.706 bits per heavy atom. The maximum atomic E-state index is 15.2. The minimum atomic E-state index is -2.89. The standard InChI is InChI=1S/C22H19FN4O2S.2C21H18FN5O2S.C21H19FN4O2S/c1-13-11-14(6-8-18(13)24-2)26-20(29)22(9-4-10-22)27(21(26)30)15-5-7-16(17(23)12-15)19(28)25-3;2*1-12-9-14(11-25-17(12)23-2)26-19(29)21(7-4-8-21)27(20(26)30)13-5-6-15(16(22)10-13)18(28)24-3;1-12-10-13(7-9-17(12)23-4)25-19(28)21(2,3)26(20(25)29)14-6-8-15(16(22)11-14)18(27)24-5/h5-8,11-12H,4,9-10H2,1,3H3,(H,25,28);2*5-6,9-11H,4,7-8H2,1,3H3,(H,24,28);6-11H,1-3,5H3,(H,24,27)/i3D3;3D3,5D,10D;3D3;5D3. The summed E-state index contributed by atoms with van der Waals surface area (Å²) in [7, 11) is 0. The van der Waals surface area contributed by atoms with Gasteiger partial charge in [-0.25, -0.2) is 27.3 Å². The summed E-state index contributed by atoms with van der Waals surface area (Å²) in [4.78, 5) is 135. The molecule has 3 aliphatic carbocycles. The molecule has 0 bridgehead atoms. The summed E-state index contributed by atoms with van der Waals surface area (Å²) < 4.78 is 162. The number of anilines is 8. The van der Waals surface area contributed by atoms with Gasteiger partial charge in [-0.15, -0.1) is 9.97 Å². The highest BCUT2D eigenvalue weighted by Gasteiger charge is 2.63. The molecular formula is C85H74F4N18O8S4. The summed E-state index contributed by atoms with van der Waals surface area (Å²) in [6, 6.07) is 23.6. The number of hydrogen-bond donors (Lipinski definition) is 4. The Morgan fingerprint density at radius 3 is 1.01 bits per heavy atom. The van der Waals surface area contributed by atoms with Gasteiger partial charge < -0.3 is 50.6 Å². The third-order valence-electron chi connectivity index (χ3n) is 21.5. The van der Waals surface area contributed by atoms with E-state index in [0.717, 1.165) is 43.2 Å². The third kappa shape index (κ3) is 14.6. The Balaban J connectivity index is 0.000000160. The highest BCUT2D eigenvalue weighted by molar-refractivity contribution is 7.81. The van der Waals surface area contributed by atoms with Crippen molar-refractivity contribution in [2.45, 2.75) is 121 Å². The lowest BCUT2D eigenvalue weighted by molar-refractivity contribution is -0.124. The number of benzene rings is 6. The number of nitrogens with zero attached hydrogens (tertiary/aromatic N) is 14. The fourth-order valence-corrected chi connectivity index (χ4v) is 16.8. The molecule has 26 nitrogen and oxygen atoms in total. The Bertz CT molecular complexity index is 6350. The highest BCUT2D eigenvalue weighted by Crippen LogP contribution is 2.52. The first-order chi connectivity index (χ1) is 62.1. The second kappa shape index (κ2) is 33.3. The van der Waals surface area contributed by atoms with Crippen LogP contribution in [-0.2, 0) is 19.2 Å². The molecule has 7 fully saturated rings. The van der Waals surface area contributed by atoms with Crippen molar-refractivity contribution in [3.63, 3.8) is 0 Å². The van der Waals surface area contributed by atoms with E-state index in [2.05, 4.69) is 29.3 Å². The molecule has 3 saturated carbocycles. The zero-order valence-electron chi connectivity index (χ0n) is 77.6. The van der Waals surface area contributed by atoms with Crippen LogP contribution in [-0.4, -0.2) is 128 Å². The van der Waals surface area contributed by atoms with Crippen LogP contribution in [0.5, 0.6) is 0 Å². The van der Waals surface area contributed by atoms with Gasteiger partial charge in [0.2, 0.25) is 0 Å². The predicted octanol–water partition coefficient (Wildman–Crippen LogP) is 15.1. The van der Waals surface area contributed by atoms with Crippen molar-refractivity contribution in [1.29, 1.82) is 0 Å². The molecule has 0 atom stereocenters. The SMILES string of the molecule is [2H]C([2H])([2H])NC(=O)c1ccc(N2C(=S)N(c3ccc([N+]#[C-])c(C)c3)C(=O)C2(C)C)cc1F.[2H]C([2H])([2H])NC(=O)c1ccc(N2C(=S)N(c3ccc([N+]#[C-])c(C)c3)C(=O)C23CCC3)cc1F.[2H]C([2H])([2H])NC(=O)c1ccc(N2C(=S)N(c3cnc([N+]#[C-])c(C)c3)C(=O)C23CCC3)cc1F.[2H]c1cc(C(=O)NC([2H])([2H])[2H])c(F)c([2H])c1N1C(=S)N(c2cnc([N+]#[C-])c(C)c2)C(=O)C12CCC2. The molecule has 0 unspecified atom stereocenters. The quantitative estimate of drug-likeness (QED) is 0.0504. The van der Waals surface area contributed by atoms with E-state index < -0.39 is 137 Å². The van der Waals surface area contributed by atoms with E-state index >= 15 is 4.39 Å². The van der Waals surface area contributed by atoms with E-state index in [-0.39, 0.29) is 66.9 Å². The third-order valence-corrected chi connectivity index (χ3v) is 22.9. The van der Waals surface area contributed by atoms with Crippen LogP contribution in [0.3, 0.4) is 0 Å². The van der Waals surface area contributed by atoms with Crippen LogP contribution >= 0.6 is 48.9 Å². The second-order valence-electron chi connectivity index (χ2n) is 28.6. The van der Waals surface area contributed by atoms with Gasteiger partial charge in [0.25, 0.3) is 58.9 Å². The number of nitrogens with one attached hydrogen (secondary N) is 4. The first kappa shape index (κ1) is 67.8. The minimum Gasteiger partial charge on any atom is -0.360 e. The maximum absolute atomic E-state index is 15.2. The highest BCUT2D eigenvalue weighted by atomic mass is 32.1. The van der Waals surface area contributed by atoms with Crippen LogP contribution in [0.25, 0.3) is 19.4 Å². The molecule has 6 aromatic carbocycles. The number of hydrogen-bond acceptors (Lipinski definition) is 14. The van der Waals surface area contributed by atoms with E-state index in [4.69, 9.17) is 94.4 Å². The molecule has 8 aromatic rings. The zero-order valence-corrected chi connectivity index (χ0v) is 66.8. The number of thiocarbonyl (C=S) groups is 4. The smallest absolute Gasteiger partial charge is 0.272 e. The van der Waals surface area contributed by atoms with Crippen molar-refractivity contribution in [3.8, 4) is 0 Å². The molecule has 8 amide bonds. The topological polar surface area (TPSA) is 254 Å². The molecule has 4 N–H and O–H groups in total. The number of pyridine rings is 2. The Hall–Kier alpha value is -13.4. The maximum Gasteiger partial charge on any atom is 0.272 e. The lowest BCUT2D eigenvalue weighted by Gasteiger charge is -2.43. The fraction of sp³-hybridized carbons (Fsp3) is 0.271.